The Kier molecular flexibility index (Phi) is 6.57. The Hall–Kier alpha value is -2.45. The molecule has 7 nitrogen and oxygen atoms in total. The monoisotopic (exact) mass is 443 g/mol. The van der Waals surface area contributed by atoms with E-state index in [0.29, 0.717) is 23.9 Å². The van der Waals surface area contributed by atoms with Gasteiger partial charge in [-0.15, -0.1) is 0 Å². The predicted octanol–water partition coefficient (Wildman–Crippen LogP) is 2.43. The van der Waals surface area contributed by atoms with Crippen LogP contribution >= 0.6 is 0 Å². The molecule has 8 heteroatoms. The first-order chi connectivity index (χ1) is 14.9. The van der Waals surface area contributed by atoms with E-state index >= 15 is 0 Å². The maximum atomic E-state index is 13.1. The highest BCUT2D eigenvalue weighted by molar-refractivity contribution is 7.89. The quantitative estimate of drug-likeness (QED) is 0.711. The second-order valence-corrected chi connectivity index (χ2v) is 10.3. The third-order valence-corrected chi connectivity index (χ3v) is 8.30. The molecule has 0 bridgehead atoms. The molecule has 166 valence electrons. The van der Waals surface area contributed by atoms with Gasteiger partial charge in [-0.1, -0.05) is 37.5 Å². The van der Waals surface area contributed by atoms with Crippen LogP contribution in [0.4, 0.5) is 0 Å². The first-order valence-corrected chi connectivity index (χ1v) is 12.4. The molecule has 1 amide bonds. The Bertz CT molecular complexity index is 1060. The number of pyridine rings is 1. The summed E-state index contributed by atoms with van der Waals surface area (Å²) in [6.45, 7) is 1.11. The van der Waals surface area contributed by atoms with E-state index < -0.39 is 10.0 Å². The van der Waals surface area contributed by atoms with E-state index in [-0.39, 0.29) is 31.1 Å². The lowest BCUT2D eigenvalue weighted by atomic mass is 9.84. The van der Waals surface area contributed by atoms with Gasteiger partial charge >= 0.3 is 0 Å². The molecule has 1 aromatic heterocycles. The van der Waals surface area contributed by atoms with Crippen molar-refractivity contribution < 1.29 is 13.2 Å². The van der Waals surface area contributed by atoms with Crippen molar-refractivity contribution in [2.75, 3.05) is 26.2 Å². The Morgan fingerprint density at radius 2 is 1.58 bits per heavy atom. The molecule has 0 atom stereocenters. The van der Waals surface area contributed by atoms with Crippen molar-refractivity contribution in [2.24, 2.45) is 0 Å². The number of carbonyl (C=O) groups excluding carboxylic acids is 1. The number of benzene rings is 1. The molecule has 0 radical (unpaired) electrons. The van der Waals surface area contributed by atoms with Crippen LogP contribution in [0.25, 0.3) is 0 Å². The minimum Gasteiger partial charge on any atom is -0.339 e. The summed E-state index contributed by atoms with van der Waals surface area (Å²) < 4.78 is 28.9. The zero-order valence-corrected chi connectivity index (χ0v) is 18.5. The van der Waals surface area contributed by atoms with Gasteiger partial charge in [0.05, 0.1) is 4.90 Å². The number of sulfonamides is 1. The van der Waals surface area contributed by atoms with Gasteiger partial charge in [-0.3, -0.25) is 9.59 Å². The van der Waals surface area contributed by atoms with Crippen molar-refractivity contribution in [1.29, 1.82) is 0 Å². The van der Waals surface area contributed by atoms with Crippen LogP contribution in [0.1, 0.15) is 43.6 Å². The van der Waals surface area contributed by atoms with Crippen LogP contribution in [0.15, 0.2) is 58.4 Å². The van der Waals surface area contributed by atoms with Crippen molar-refractivity contribution in [3.63, 3.8) is 0 Å². The van der Waals surface area contributed by atoms with Crippen LogP contribution in [-0.2, 0) is 21.4 Å². The van der Waals surface area contributed by atoms with Gasteiger partial charge in [0.15, 0.2) is 0 Å². The van der Waals surface area contributed by atoms with Gasteiger partial charge in [-0.25, -0.2) is 8.42 Å². The van der Waals surface area contributed by atoms with E-state index in [2.05, 4.69) is 0 Å². The third-order valence-electron chi connectivity index (χ3n) is 6.39. The number of amides is 1. The summed E-state index contributed by atoms with van der Waals surface area (Å²) in [6.07, 6.45) is 7.71. The van der Waals surface area contributed by atoms with Gasteiger partial charge in [0.25, 0.3) is 5.56 Å². The summed E-state index contributed by atoms with van der Waals surface area (Å²) in [6, 6.07) is 12.1. The lowest BCUT2D eigenvalue weighted by molar-refractivity contribution is -0.133. The van der Waals surface area contributed by atoms with E-state index in [9.17, 15) is 18.0 Å². The topological polar surface area (TPSA) is 79.7 Å². The molecule has 0 spiro atoms. The number of carbonyl (C=O) groups is 1. The second-order valence-electron chi connectivity index (χ2n) is 8.36. The Labute approximate surface area is 183 Å². The van der Waals surface area contributed by atoms with Crippen molar-refractivity contribution in [3.8, 4) is 0 Å². The number of hydrogen-bond donors (Lipinski definition) is 0. The van der Waals surface area contributed by atoms with Gasteiger partial charge in [0, 0.05) is 38.4 Å². The minimum atomic E-state index is -3.58. The van der Waals surface area contributed by atoms with Gasteiger partial charge in [-0.05, 0) is 42.5 Å². The largest absolute Gasteiger partial charge is 0.339 e. The van der Waals surface area contributed by atoms with Gasteiger partial charge in [0.1, 0.15) is 6.54 Å². The molecule has 1 saturated carbocycles. The normalized spacial score (nSPS) is 18.8. The molecule has 0 N–H and O–H groups in total. The summed E-state index contributed by atoms with van der Waals surface area (Å²) in [7, 11) is -3.58. The third kappa shape index (κ3) is 4.91. The van der Waals surface area contributed by atoms with Crippen molar-refractivity contribution in [2.45, 2.75) is 49.5 Å². The van der Waals surface area contributed by atoms with E-state index in [1.807, 2.05) is 12.1 Å². The molecule has 1 saturated heterocycles. The zero-order chi connectivity index (χ0) is 21.8. The lowest BCUT2D eigenvalue weighted by Gasteiger charge is -2.34. The fourth-order valence-corrected chi connectivity index (χ4v) is 5.93. The summed E-state index contributed by atoms with van der Waals surface area (Å²) in [5, 5.41) is 0. The van der Waals surface area contributed by atoms with E-state index in [4.69, 9.17) is 0 Å². The molecule has 1 aliphatic carbocycles. The standard InChI is InChI=1S/C23H29N3O4S/c27-22-8-4-5-13-25(22)18-23(28)24-14-16-26(17-15-24)31(29,30)21-11-9-20(10-12-21)19-6-2-1-3-7-19/h4-5,8-13,19H,1-3,6-7,14-18H2. The maximum Gasteiger partial charge on any atom is 0.250 e. The highest BCUT2D eigenvalue weighted by Gasteiger charge is 2.30. The number of piperazine rings is 1. The molecule has 2 aromatic rings. The molecule has 2 heterocycles. The minimum absolute atomic E-state index is 0.0327. The molecular weight excluding hydrogens is 414 g/mol. The van der Waals surface area contributed by atoms with E-state index in [0.717, 1.165) is 0 Å². The molecule has 4 rings (SSSR count). The second kappa shape index (κ2) is 9.36. The van der Waals surface area contributed by atoms with Crippen LogP contribution < -0.4 is 5.56 Å². The van der Waals surface area contributed by atoms with Crippen molar-refractivity contribution >= 4 is 15.9 Å². The smallest absolute Gasteiger partial charge is 0.250 e. The van der Waals surface area contributed by atoms with Crippen molar-refractivity contribution in [1.82, 2.24) is 13.8 Å². The van der Waals surface area contributed by atoms with Gasteiger partial charge in [0.2, 0.25) is 15.9 Å². The number of rotatable bonds is 5. The first kappa shape index (κ1) is 21.8. The molecule has 1 aromatic carbocycles. The van der Waals surface area contributed by atoms with Gasteiger partial charge in [-0.2, -0.15) is 4.31 Å². The Balaban J connectivity index is 1.36. The molecule has 2 fully saturated rings. The summed E-state index contributed by atoms with van der Waals surface area (Å²) in [5.41, 5.74) is 0.999. The first-order valence-electron chi connectivity index (χ1n) is 11.0. The molecule has 31 heavy (non-hydrogen) atoms. The predicted molar refractivity (Wildman–Crippen MR) is 118 cm³/mol. The van der Waals surface area contributed by atoms with E-state index in [1.165, 1.54) is 52.6 Å². The number of hydrogen-bond acceptors (Lipinski definition) is 4. The van der Waals surface area contributed by atoms with Crippen LogP contribution in [-0.4, -0.2) is 54.3 Å². The van der Waals surface area contributed by atoms with Crippen LogP contribution in [0.2, 0.25) is 0 Å². The van der Waals surface area contributed by atoms with Crippen LogP contribution in [0.3, 0.4) is 0 Å². The fourth-order valence-electron chi connectivity index (χ4n) is 4.51. The van der Waals surface area contributed by atoms with Crippen LogP contribution in [0.5, 0.6) is 0 Å². The average molecular weight is 444 g/mol. The SMILES string of the molecule is O=C(Cn1ccccc1=O)N1CCN(S(=O)(=O)c2ccc(C3CCCCC3)cc2)CC1. The zero-order valence-electron chi connectivity index (χ0n) is 17.7. The Morgan fingerprint density at radius 1 is 0.903 bits per heavy atom. The highest BCUT2D eigenvalue weighted by atomic mass is 32.2. The highest BCUT2D eigenvalue weighted by Crippen LogP contribution is 2.33. The van der Waals surface area contributed by atoms with Crippen molar-refractivity contribution in [3.05, 3.63) is 64.6 Å². The molecule has 2 aliphatic rings. The maximum absolute atomic E-state index is 13.1. The summed E-state index contributed by atoms with van der Waals surface area (Å²) in [5.74, 6) is 0.361. The van der Waals surface area contributed by atoms with E-state index in [1.54, 1.807) is 35.4 Å². The summed E-state index contributed by atoms with van der Waals surface area (Å²) in [4.78, 5) is 26.3. The Morgan fingerprint density at radius 3 is 2.23 bits per heavy atom. The lowest BCUT2D eigenvalue weighted by Crippen LogP contribution is -2.51. The summed E-state index contributed by atoms with van der Waals surface area (Å²) >= 11 is 0. The van der Waals surface area contributed by atoms with Gasteiger partial charge < -0.3 is 9.47 Å². The molecule has 0 unspecified atom stereocenters. The number of aromatic nitrogens is 1. The average Bonchev–Trinajstić information content (AvgIpc) is 2.81. The fraction of sp³-hybridized carbons (Fsp3) is 0.478. The molecular formula is C23H29N3O4S. The molecule has 1 aliphatic heterocycles. The number of nitrogens with zero attached hydrogens (tertiary/aromatic N) is 3. The van der Waals surface area contributed by atoms with Crippen LogP contribution in [0, 0.1) is 0 Å².